The molecule has 0 saturated carbocycles. The van der Waals surface area contributed by atoms with Crippen molar-refractivity contribution in [3.8, 4) is 22.9 Å². The lowest BCUT2D eigenvalue weighted by Gasteiger charge is -2.10. The van der Waals surface area contributed by atoms with Crippen molar-refractivity contribution in [3.05, 3.63) is 65.7 Å². The number of nitrogens with zero attached hydrogens (tertiary/aromatic N) is 4. The number of alkyl halides is 3. The molecule has 3 aromatic heterocycles. The molecule has 0 atom stereocenters. The van der Waals surface area contributed by atoms with Crippen LogP contribution >= 0.6 is 11.6 Å². The number of ether oxygens (including phenoxy) is 1. The smallest absolute Gasteiger partial charge is 0.433 e. The summed E-state index contributed by atoms with van der Waals surface area (Å²) >= 11 is 5.94. The van der Waals surface area contributed by atoms with Gasteiger partial charge in [0, 0.05) is 17.0 Å². The van der Waals surface area contributed by atoms with Gasteiger partial charge < -0.3 is 10.5 Å². The number of halogens is 4. The topological polar surface area (TPSA) is 86.8 Å². The molecule has 6 nitrogen and oxygen atoms in total. The van der Waals surface area contributed by atoms with E-state index in [1.807, 2.05) is 12.1 Å². The standard InChI is InChI=1S/C19H11ClF3N5O/c20-18-11(5-6-14(27-18)19(21,22)23)12-8-16(26-9-25-12)29-13-3-1-2-10-4-7-15(24)28-17(10)13/h1-9H,(H2,24,28). The molecule has 0 aliphatic rings. The number of hydrogen-bond acceptors (Lipinski definition) is 6. The summed E-state index contributed by atoms with van der Waals surface area (Å²) in [5, 5.41) is 0.491. The maximum atomic E-state index is 12.8. The van der Waals surface area contributed by atoms with E-state index in [1.54, 1.807) is 18.2 Å². The van der Waals surface area contributed by atoms with Gasteiger partial charge in [0.15, 0.2) is 5.75 Å². The molecule has 0 saturated heterocycles. The first-order valence-corrected chi connectivity index (χ1v) is 8.58. The quantitative estimate of drug-likeness (QED) is 0.465. The number of nitrogens with two attached hydrogens (primary N) is 1. The number of fused-ring (bicyclic) bond motifs is 1. The number of para-hydroxylation sites is 1. The van der Waals surface area contributed by atoms with Crippen LogP contribution in [0.3, 0.4) is 0 Å². The lowest BCUT2D eigenvalue weighted by molar-refractivity contribution is -0.141. The minimum Gasteiger partial charge on any atom is -0.437 e. The molecule has 0 bridgehead atoms. The van der Waals surface area contributed by atoms with Gasteiger partial charge >= 0.3 is 6.18 Å². The van der Waals surface area contributed by atoms with Crippen molar-refractivity contribution in [1.29, 1.82) is 0 Å². The number of aromatic nitrogens is 4. The molecule has 4 aromatic rings. The van der Waals surface area contributed by atoms with E-state index >= 15 is 0 Å². The summed E-state index contributed by atoms with van der Waals surface area (Å²) in [6.07, 6.45) is -3.38. The highest BCUT2D eigenvalue weighted by Gasteiger charge is 2.33. The highest BCUT2D eigenvalue weighted by Crippen LogP contribution is 2.34. The number of hydrogen-bond donors (Lipinski definition) is 1. The van der Waals surface area contributed by atoms with Gasteiger partial charge in [0.2, 0.25) is 5.88 Å². The van der Waals surface area contributed by atoms with Crippen LogP contribution in [0.2, 0.25) is 5.15 Å². The first kappa shape index (κ1) is 18.9. The normalized spacial score (nSPS) is 11.6. The van der Waals surface area contributed by atoms with Gasteiger partial charge in [-0.3, -0.25) is 0 Å². The molecule has 0 fully saturated rings. The van der Waals surface area contributed by atoms with Crippen molar-refractivity contribution in [2.24, 2.45) is 0 Å². The van der Waals surface area contributed by atoms with Crippen molar-refractivity contribution < 1.29 is 17.9 Å². The van der Waals surface area contributed by atoms with Crippen LogP contribution in [0.25, 0.3) is 22.2 Å². The molecule has 10 heteroatoms. The predicted octanol–water partition coefficient (Wildman–Crippen LogP) is 5.13. The van der Waals surface area contributed by atoms with E-state index in [9.17, 15) is 13.2 Å². The van der Waals surface area contributed by atoms with Gasteiger partial charge in [-0.2, -0.15) is 13.2 Å². The molecule has 0 amide bonds. The third-order valence-electron chi connectivity index (χ3n) is 3.98. The molecule has 0 aliphatic carbocycles. The Balaban J connectivity index is 1.70. The fourth-order valence-electron chi connectivity index (χ4n) is 2.66. The number of rotatable bonds is 3. The Morgan fingerprint density at radius 3 is 2.55 bits per heavy atom. The van der Waals surface area contributed by atoms with Crippen molar-refractivity contribution >= 4 is 28.3 Å². The first-order valence-electron chi connectivity index (χ1n) is 8.20. The first-order chi connectivity index (χ1) is 13.8. The van der Waals surface area contributed by atoms with E-state index in [1.165, 1.54) is 18.5 Å². The number of nitrogen functional groups attached to an aromatic ring is 1. The zero-order chi connectivity index (χ0) is 20.6. The van der Waals surface area contributed by atoms with Gasteiger partial charge in [-0.05, 0) is 30.3 Å². The van der Waals surface area contributed by atoms with Crippen LogP contribution in [0.1, 0.15) is 5.69 Å². The minimum absolute atomic E-state index is 0.155. The van der Waals surface area contributed by atoms with Gasteiger partial charge in [-0.25, -0.2) is 19.9 Å². The molecule has 0 spiro atoms. The SMILES string of the molecule is Nc1ccc2cccc(Oc3cc(-c4ccc(C(F)(F)F)nc4Cl)ncn3)c2n1. The molecule has 0 radical (unpaired) electrons. The van der Waals surface area contributed by atoms with E-state index in [2.05, 4.69) is 19.9 Å². The Morgan fingerprint density at radius 1 is 0.966 bits per heavy atom. The van der Waals surface area contributed by atoms with Crippen LogP contribution in [0, 0.1) is 0 Å². The summed E-state index contributed by atoms with van der Waals surface area (Å²) in [6.45, 7) is 0. The summed E-state index contributed by atoms with van der Waals surface area (Å²) in [4.78, 5) is 15.8. The average Bonchev–Trinajstić information content (AvgIpc) is 2.68. The highest BCUT2D eigenvalue weighted by atomic mass is 35.5. The second-order valence-corrected chi connectivity index (χ2v) is 6.30. The summed E-state index contributed by atoms with van der Waals surface area (Å²) in [7, 11) is 0. The van der Waals surface area contributed by atoms with Gasteiger partial charge in [-0.15, -0.1) is 0 Å². The molecule has 29 heavy (non-hydrogen) atoms. The fraction of sp³-hybridized carbons (Fsp3) is 0.0526. The van der Waals surface area contributed by atoms with Crippen LogP contribution < -0.4 is 10.5 Å². The maximum absolute atomic E-state index is 12.8. The van der Waals surface area contributed by atoms with Gasteiger partial charge in [-0.1, -0.05) is 23.7 Å². The Hall–Kier alpha value is -3.46. The second-order valence-electron chi connectivity index (χ2n) is 5.94. The van der Waals surface area contributed by atoms with Gasteiger partial charge in [0.1, 0.15) is 28.5 Å². The van der Waals surface area contributed by atoms with Crippen LogP contribution in [0.15, 0.2) is 54.9 Å². The van der Waals surface area contributed by atoms with Crippen LogP contribution in [-0.4, -0.2) is 19.9 Å². The Labute approximate surface area is 167 Å². The molecule has 0 unspecified atom stereocenters. The largest absolute Gasteiger partial charge is 0.437 e. The van der Waals surface area contributed by atoms with E-state index in [0.717, 1.165) is 11.5 Å². The van der Waals surface area contributed by atoms with E-state index in [-0.39, 0.29) is 22.3 Å². The van der Waals surface area contributed by atoms with Gasteiger partial charge in [0.05, 0.1) is 5.69 Å². The van der Waals surface area contributed by atoms with E-state index in [4.69, 9.17) is 22.1 Å². The fourth-order valence-corrected chi connectivity index (χ4v) is 2.91. The highest BCUT2D eigenvalue weighted by molar-refractivity contribution is 6.32. The minimum atomic E-state index is -4.59. The van der Waals surface area contributed by atoms with Crippen LogP contribution in [0.5, 0.6) is 11.6 Å². The Bertz CT molecular complexity index is 1220. The van der Waals surface area contributed by atoms with Crippen LogP contribution in [-0.2, 0) is 6.18 Å². The lowest BCUT2D eigenvalue weighted by atomic mass is 10.2. The van der Waals surface area contributed by atoms with Crippen molar-refractivity contribution in [2.45, 2.75) is 6.18 Å². The van der Waals surface area contributed by atoms with Crippen LogP contribution in [0.4, 0.5) is 19.0 Å². The monoisotopic (exact) mass is 417 g/mol. The van der Waals surface area contributed by atoms with E-state index < -0.39 is 11.9 Å². The zero-order valence-corrected chi connectivity index (χ0v) is 15.2. The molecule has 4 rings (SSSR count). The van der Waals surface area contributed by atoms with Gasteiger partial charge in [0.25, 0.3) is 0 Å². The third-order valence-corrected chi connectivity index (χ3v) is 4.26. The molecule has 3 heterocycles. The summed E-state index contributed by atoms with van der Waals surface area (Å²) in [5.41, 5.74) is 5.68. The second kappa shape index (κ2) is 7.17. The summed E-state index contributed by atoms with van der Waals surface area (Å²) in [6, 6.07) is 12.3. The average molecular weight is 418 g/mol. The molecule has 1 aromatic carbocycles. The Kier molecular flexibility index (Phi) is 4.67. The molecular formula is C19H11ClF3N5O. The lowest BCUT2D eigenvalue weighted by Crippen LogP contribution is -2.08. The molecule has 2 N–H and O–H groups in total. The number of anilines is 1. The summed E-state index contributed by atoms with van der Waals surface area (Å²) < 4.78 is 44.2. The molecule has 146 valence electrons. The zero-order valence-electron chi connectivity index (χ0n) is 14.5. The Morgan fingerprint density at radius 2 is 1.79 bits per heavy atom. The maximum Gasteiger partial charge on any atom is 0.433 e. The molecular weight excluding hydrogens is 407 g/mol. The number of pyridine rings is 2. The van der Waals surface area contributed by atoms with Crippen molar-refractivity contribution in [2.75, 3.05) is 5.73 Å². The predicted molar refractivity (Wildman–Crippen MR) is 102 cm³/mol. The third kappa shape index (κ3) is 3.90. The van der Waals surface area contributed by atoms with Crippen molar-refractivity contribution in [1.82, 2.24) is 19.9 Å². The summed E-state index contributed by atoms with van der Waals surface area (Å²) in [5.74, 6) is 0.901. The van der Waals surface area contributed by atoms with Crippen molar-refractivity contribution in [3.63, 3.8) is 0 Å². The number of benzene rings is 1. The molecule has 0 aliphatic heterocycles. The van der Waals surface area contributed by atoms with E-state index in [0.29, 0.717) is 17.1 Å².